The van der Waals surface area contributed by atoms with Gasteiger partial charge >= 0.3 is 75.5 Å². The third kappa shape index (κ3) is 18.6. The van der Waals surface area contributed by atoms with E-state index in [1.807, 2.05) is 0 Å². The van der Waals surface area contributed by atoms with E-state index in [0.717, 1.165) is 0 Å². The van der Waals surface area contributed by atoms with E-state index in [-0.39, 0.29) is 95.1 Å². The maximum Gasteiger partial charge on any atom is 2.00 e. The Bertz CT molecular complexity index is 1490. The van der Waals surface area contributed by atoms with Crippen LogP contribution < -0.4 is 0 Å². The number of benzene rings is 4. The van der Waals surface area contributed by atoms with Crippen molar-refractivity contribution < 1.29 is 51.9 Å². The predicted octanol–water partition coefficient (Wildman–Crippen LogP) is 1.60. The molecule has 12 nitrogen and oxygen atoms in total. The maximum atomic E-state index is 10.3. The fourth-order valence-corrected chi connectivity index (χ4v) is 4.31. The second-order valence-corrected chi connectivity index (χ2v) is 12.6. The summed E-state index contributed by atoms with van der Waals surface area (Å²) in [6.07, 6.45) is 0. The van der Waals surface area contributed by atoms with Crippen molar-refractivity contribution >= 4 is 116 Å². The molecule has 0 fully saturated rings. The molecule has 0 N–H and O–H groups in total. The van der Waals surface area contributed by atoms with Gasteiger partial charge in [0.1, 0.15) is 40.5 Å². The van der Waals surface area contributed by atoms with Crippen molar-refractivity contribution in [3.8, 4) is 0 Å². The standard InChI is InChI=1S/4C6H6O3S.2Ca/c4*7-10(8,9)6-4-2-1-3-5-6;;/h4*1-5H,(H,7,8,9);;/q;;;;2*+2/p-4. The van der Waals surface area contributed by atoms with Crippen LogP contribution in [0.15, 0.2) is 141 Å². The molecule has 0 aromatic heterocycles. The Balaban J connectivity index is 0. The Hall–Kier alpha value is -0.961. The van der Waals surface area contributed by atoms with Crippen LogP contribution in [0.3, 0.4) is 0 Å². The Labute approximate surface area is 304 Å². The fraction of sp³-hybridized carbons (Fsp3) is 0. The molecule has 0 radical (unpaired) electrons. The maximum absolute atomic E-state index is 10.3. The van der Waals surface area contributed by atoms with Gasteiger partial charge in [-0.2, -0.15) is 0 Å². The molecule has 18 heteroatoms. The first-order valence-corrected chi connectivity index (χ1v) is 16.1. The smallest absolute Gasteiger partial charge is 0.744 e. The van der Waals surface area contributed by atoms with Gasteiger partial charge in [-0.05, 0) is 48.5 Å². The van der Waals surface area contributed by atoms with E-state index < -0.39 is 40.5 Å². The van der Waals surface area contributed by atoms with Crippen LogP contribution in [-0.4, -0.2) is 127 Å². The summed E-state index contributed by atoms with van der Waals surface area (Å²) < 4.78 is 123. The molecule has 0 bridgehead atoms. The number of hydrogen-bond donors (Lipinski definition) is 0. The average molecular weight is 709 g/mol. The molecule has 0 saturated heterocycles. The minimum absolute atomic E-state index is 0. The molecule has 4 aromatic carbocycles. The van der Waals surface area contributed by atoms with Gasteiger partial charge in [0.05, 0.1) is 19.6 Å². The first-order valence-electron chi connectivity index (χ1n) is 10.5. The van der Waals surface area contributed by atoms with E-state index in [9.17, 15) is 51.9 Å². The number of hydrogen-bond acceptors (Lipinski definition) is 12. The molecule has 0 spiro atoms. The molecular formula is C24H20Ca2O12S4. The van der Waals surface area contributed by atoms with Gasteiger partial charge in [0, 0.05) is 0 Å². The van der Waals surface area contributed by atoms with Crippen LogP contribution in [0.2, 0.25) is 0 Å². The summed E-state index contributed by atoms with van der Waals surface area (Å²) in [5, 5.41) is 0. The van der Waals surface area contributed by atoms with Gasteiger partial charge in [0.25, 0.3) is 0 Å². The summed E-state index contributed by atoms with van der Waals surface area (Å²) in [6, 6.07) is 28.8. The molecule has 0 aliphatic carbocycles. The summed E-state index contributed by atoms with van der Waals surface area (Å²) in [4.78, 5) is -0.741. The van der Waals surface area contributed by atoms with Crippen molar-refractivity contribution in [3.63, 3.8) is 0 Å². The van der Waals surface area contributed by atoms with Crippen molar-refractivity contribution in [3.05, 3.63) is 121 Å². The first kappa shape index (κ1) is 43.2. The van der Waals surface area contributed by atoms with Gasteiger partial charge < -0.3 is 18.2 Å². The summed E-state index contributed by atoms with van der Waals surface area (Å²) in [5.74, 6) is 0. The van der Waals surface area contributed by atoms with Gasteiger partial charge in [-0.25, -0.2) is 33.7 Å². The molecule has 0 aliphatic heterocycles. The van der Waals surface area contributed by atoms with Crippen LogP contribution in [0.25, 0.3) is 0 Å². The fourth-order valence-electron chi connectivity index (χ4n) is 2.35. The topological polar surface area (TPSA) is 229 Å². The van der Waals surface area contributed by atoms with Crippen LogP contribution in [0.4, 0.5) is 0 Å². The van der Waals surface area contributed by atoms with Crippen LogP contribution in [0, 0.1) is 0 Å². The molecule has 0 aliphatic rings. The van der Waals surface area contributed by atoms with Gasteiger partial charge in [-0.1, -0.05) is 72.8 Å². The Morgan fingerprint density at radius 2 is 0.405 bits per heavy atom. The molecule has 216 valence electrons. The third-order valence-electron chi connectivity index (χ3n) is 4.13. The van der Waals surface area contributed by atoms with E-state index >= 15 is 0 Å². The van der Waals surface area contributed by atoms with Crippen molar-refractivity contribution in [1.82, 2.24) is 0 Å². The normalized spacial score (nSPS) is 10.8. The minimum Gasteiger partial charge on any atom is -0.744 e. The molecule has 42 heavy (non-hydrogen) atoms. The van der Waals surface area contributed by atoms with E-state index in [2.05, 4.69) is 0 Å². The zero-order chi connectivity index (χ0) is 30.5. The summed E-state index contributed by atoms with van der Waals surface area (Å²) in [6.45, 7) is 0. The monoisotopic (exact) mass is 708 g/mol. The molecule has 0 heterocycles. The van der Waals surface area contributed by atoms with E-state index in [1.165, 1.54) is 97.1 Å². The minimum atomic E-state index is -4.25. The summed E-state index contributed by atoms with van der Waals surface area (Å²) in [7, 11) is -17.0. The Kier molecular flexibility index (Phi) is 20.7. The Morgan fingerprint density at radius 3 is 0.476 bits per heavy atom. The summed E-state index contributed by atoms with van der Waals surface area (Å²) in [5.41, 5.74) is 0. The largest absolute Gasteiger partial charge is 2.00 e. The van der Waals surface area contributed by atoms with Gasteiger partial charge in [0.2, 0.25) is 0 Å². The van der Waals surface area contributed by atoms with Crippen molar-refractivity contribution in [2.75, 3.05) is 0 Å². The third-order valence-corrected chi connectivity index (χ3v) is 7.53. The average Bonchev–Trinajstić information content (AvgIpc) is 2.90. The predicted molar refractivity (Wildman–Crippen MR) is 149 cm³/mol. The number of rotatable bonds is 4. The quantitative estimate of drug-likeness (QED) is 0.217. The molecule has 0 amide bonds. The van der Waals surface area contributed by atoms with Gasteiger partial charge in [0.15, 0.2) is 0 Å². The Morgan fingerprint density at radius 1 is 0.286 bits per heavy atom. The molecular weight excluding hydrogens is 689 g/mol. The SMILES string of the molecule is O=S(=O)([O-])c1ccccc1.O=S(=O)([O-])c1ccccc1.O=S(=O)([O-])c1ccccc1.O=S(=O)([O-])c1ccccc1.[Ca+2].[Ca+2]. The molecule has 4 aromatic rings. The zero-order valence-corrected chi connectivity index (χ0v) is 29.2. The van der Waals surface area contributed by atoms with Crippen LogP contribution in [0.1, 0.15) is 0 Å². The van der Waals surface area contributed by atoms with Crippen molar-refractivity contribution in [2.24, 2.45) is 0 Å². The van der Waals surface area contributed by atoms with Gasteiger partial charge in [-0.15, -0.1) is 0 Å². The molecule has 0 atom stereocenters. The van der Waals surface area contributed by atoms with Crippen LogP contribution in [0.5, 0.6) is 0 Å². The van der Waals surface area contributed by atoms with Crippen molar-refractivity contribution in [2.45, 2.75) is 19.6 Å². The van der Waals surface area contributed by atoms with Crippen LogP contribution in [-0.2, 0) is 40.5 Å². The van der Waals surface area contributed by atoms with Crippen LogP contribution >= 0.6 is 0 Å². The zero-order valence-electron chi connectivity index (χ0n) is 21.5. The van der Waals surface area contributed by atoms with Gasteiger partial charge in [-0.3, -0.25) is 0 Å². The second-order valence-electron chi connectivity index (χ2n) is 7.07. The molecule has 0 saturated carbocycles. The van der Waals surface area contributed by atoms with E-state index in [4.69, 9.17) is 0 Å². The second kappa shape index (κ2) is 20.1. The first-order chi connectivity index (χ1) is 18.4. The molecule has 4 rings (SSSR count). The molecule has 0 unspecified atom stereocenters. The summed E-state index contributed by atoms with van der Waals surface area (Å²) >= 11 is 0. The van der Waals surface area contributed by atoms with E-state index in [0.29, 0.717) is 0 Å². The van der Waals surface area contributed by atoms with Crippen molar-refractivity contribution in [1.29, 1.82) is 0 Å². The van der Waals surface area contributed by atoms with E-state index in [1.54, 1.807) is 24.3 Å².